The standard InChI is InChI=1S/C13H23NOSi/c1-14(11-16(3,4)5)10-12-8-6-7-9-13(12)15-2/h6-9H,10-11H2,1-5H3. The molecule has 1 rings (SSSR count). The van der Waals surface area contributed by atoms with Crippen molar-refractivity contribution in [3.63, 3.8) is 0 Å². The highest BCUT2D eigenvalue weighted by Crippen LogP contribution is 2.19. The maximum absolute atomic E-state index is 5.36. The molecule has 0 radical (unpaired) electrons. The van der Waals surface area contributed by atoms with Crippen LogP contribution in [0.3, 0.4) is 0 Å². The lowest BCUT2D eigenvalue weighted by Gasteiger charge is -2.25. The molecule has 0 N–H and O–H groups in total. The molecular formula is C13H23NOSi. The Kier molecular flexibility index (Phi) is 4.56. The third-order valence-corrected chi connectivity index (χ3v) is 3.87. The molecule has 0 aromatic heterocycles. The summed E-state index contributed by atoms with van der Waals surface area (Å²) in [7, 11) is 2.90. The van der Waals surface area contributed by atoms with Gasteiger partial charge in [-0.05, 0) is 19.3 Å². The SMILES string of the molecule is COc1ccccc1CN(C)C[Si](C)(C)C. The van der Waals surface area contributed by atoms with Crippen LogP contribution < -0.4 is 4.74 Å². The average molecular weight is 237 g/mol. The number of hydrogen-bond donors (Lipinski definition) is 0. The molecule has 2 nitrogen and oxygen atoms in total. The first-order valence-corrected chi connectivity index (χ1v) is 9.43. The summed E-state index contributed by atoms with van der Waals surface area (Å²) in [6.07, 6.45) is 1.21. The lowest BCUT2D eigenvalue weighted by molar-refractivity contribution is 0.355. The second-order valence-corrected chi connectivity index (χ2v) is 11.0. The van der Waals surface area contributed by atoms with Gasteiger partial charge >= 0.3 is 0 Å². The zero-order valence-corrected chi connectivity index (χ0v) is 12.1. The number of para-hydroxylation sites is 1. The van der Waals surface area contributed by atoms with Gasteiger partial charge in [-0.3, -0.25) is 0 Å². The largest absolute Gasteiger partial charge is 0.496 e. The first-order valence-electron chi connectivity index (χ1n) is 5.73. The van der Waals surface area contributed by atoms with Crippen LogP contribution in [-0.2, 0) is 6.54 Å². The molecule has 0 fully saturated rings. The highest BCUT2D eigenvalue weighted by molar-refractivity contribution is 6.76. The van der Waals surface area contributed by atoms with Gasteiger partial charge in [0.2, 0.25) is 0 Å². The van der Waals surface area contributed by atoms with E-state index in [2.05, 4.69) is 43.7 Å². The zero-order valence-electron chi connectivity index (χ0n) is 11.1. The molecule has 0 aliphatic carbocycles. The van der Waals surface area contributed by atoms with E-state index in [1.54, 1.807) is 7.11 Å². The average Bonchev–Trinajstić information content (AvgIpc) is 2.15. The topological polar surface area (TPSA) is 12.5 Å². The Labute approximate surface area is 100 Å². The van der Waals surface area contributed by atoms with Gasteiger partial charge in [-0.2, -0.15) is 0 Å². The number of hydrogen-bond acceptors (Lipinski definition) is 2. The van der Waals surface area contributed by atoms with Gasteiger partial charge in [-0.15, -0.1) is 0 Å². The van der Waals surface area contributed by atoms with Crippen molar-refractivity contribution in [2.75, 3.05) is 20.3 Å². The number of methoxy groups -OCH3 is 1. The lowest BCUT2D eigenvalue weighted by Crippen LogP contribution is -2.37. The summed E-state index contributed by atoms with van der Waals surface area (Å²) < 4.78 is 5.36. The summed E-state index contributed by atoms with van der Waals surface area (Å²) in [5.74, 6) is 0.991. The molecular weight excluding hydrogens is 214 g/mol. The van der Waals surface area contributed by atoms with Gasteiger partial charge in [0.25, 0.3) is 0 Å². The minimum absolute atomic E-state index is 0.967. The molecule has 0 saturated heterocycles. The molecule has 90 valence electrons. The molecule has 0 amide bonds. The minimum atomic E-state index is -1.02. The molecule has 0 saturated carbocycles. The van der Waals surface area contributed by atoms with Crippen LogP contribution in [0.5, 0.6) is 5.75 Å². The van der Waals surface area contributed by atoms with Crippen LogP contribution in [0.1, 0.15) is 5.56 Å². The van der Waals surface area contributed by atoms with Crippen molar-refractivity contribution < 1.29 is 4.74 Å². The van der Waals surface area contributed by atoms with Crippen LogP contribution in [0.2, 0.25) is 19.6 Å². The highest BCUT2D eigenvalue weighted by Gasteiger charge is 2.16. The first-order chi connectivity index (χ1) is 7.42. The summed E-state index contributed by atoms with van der Waals surface area (Å²) >= 11 is 0. The van der Waals surface area contributed by atoms with Gasteiger partial charge in [-0.1, -0.05) is 37.8 Å². The Balaban J connectivity index is 2.65. The molecule has 0 spiro atoms. The molecule has 0 aliphatic rings. The molecule has 0 bridgehead atoms. The fourth-order valence-electron chi connectivity index (χ4n) is 1.99. The van der Waals surface area contributed by atoms with Crippen LogP contribution in [0.15, 0.2) is 24.3 Å². The van der Waals surface area contributed by atoms with E-state index in [4.69, 9.17) is 4.74 Å². The van der Waals surface area contributed by atoms with Crippen molar-refractivity contribution in [1.29, 1.82) is 0 Å². The van der Waals surface area contributed by atoms with Crippen molar-refractivity contribution in [3.8, 4) is 5.75 Å². The number of nitrogens with zero attached hydrogens (tertiary/aromatic N) is 1. The van der Waals surface area contributed by atoms with E-state index in [0.29, 0.717) is 0 Å². The Bertz CT molecular complexity index is 333. The van der Waals surface area contributed by atoms with Crippen LogP contribution in [-0.4, -0.2) is 33.3 Å². The number of rotatable bonds is 5. The molecule has 1 aromatic carbocycles. The maximum atomic E-state index is 5.36. The quantitative estimate of drug-likeness (QED) is 0.730. The number of ether oxygens (including phenoxy) is 1. The van der Waals surface area contributed by atoms with Crippen molar-refractivity contribution in [3.05, 3.63) is 29.8 Å². The van der Waals surface area contributed by atoms with Gasteiger partial charge in [0.1, 0.15) is 5.75 Å². The van der Waals surface area contributed by atoms with Crippen LogP contribution in [0.25, 0.3) is 0 Å². The Morgan fingerprint density at radius 1 is 1.19 bits per heavy atom. The van der Waals surface area contributed by atoms with Crippen LogP contribution in [0, 0.1) is 0 Å². The lowest BCUT2D eigenvalue weighted by atomic mass is 10.2. The van der Waals surface area contributed by atoms with Crippen molar-refractivity contribution >= 4 is 8.07 Å². The molecule has 0 unspecified atom stereocenters. The van der Waals surface area contributed by atoms with E-state index < -0.39 is 8.07 Å². The van der Waals surface area contributed by atoms with Crippen molar-refractivity contribution in [2.24, 2.45) is 0 Å². The van der Waals surface area contributed by atoms with E-state index in [9.17, 15) is 0 Å². The molecule has 16 heavy (non-hydrogen) atoms. The third-order valence-electron chi connectivity index (χ3n) is 2.38. The summed E-state index contributed by atoms with van der Waals surface area (Å²) in [6.45, 7) is 8.15. The first kappa shape index (κ1) is 13.3. The van der Waals surface area contributed by atoms with Gasteiger partial charge < -0.3 is 9.64 Å². The fraction of sp³-hybridized carbons (Fsp3) is 0.538. The van der Waals surface area contributed by atoms with E-state index in [-0.39, 0.29) is 0 Å². The highest BCUT2D eigenvalue weighted by atomic mass is 28.3. The van der Waals surface area contributed by atoms with Gasteiger partial charge in [0, 0.05) is 12.1 Å². The third kappa shape index (κ3) is 4.37. The predicted octanol–water partition coefficient (Wildman–Crippen LogP) is 3.00. The normalized spacial score (nSPS) is 11.9. The van der Waals surface area contributed by atoms with E-state index in [1.165, 1.54) is 11.7 Å². The van der Waals surface area contributed by atoms with Crippen molar-refractivity contribution in [1.82, 2.24) is 4.90 Å². The summed E-state index contributed by atoms with van der Waals surface area (Å²) in [4.78, 5) is 2.39. The molecule has 1 aromatic rings. The summed E-state index contributed by atoms with van der Waals surface area (Å²) in [5.41, 5.74) is 1.27. The predicted molar refractivity (Wildman–Crippen MR) is 72.7 cm³/mol. The van der Waals surface area contributed by atoms with Gasteiger partial charge in [-0.25, -0.2) is 0 Å². The second-order valence-electron chi connectivity index (χ2n) is 5.54. The molecule has 0 heterocycles. The molecule has 3 heteroatoms. The zero-order chi connectivity index (χ0) is 12.2. The Hall–Kier alpha value is -0.803. The van der Waals surface area contributed by atoms with Crippen LogP contribution in [0.4, 0.5) is 0 Å². The maximum Gasteiger partial charge on any atom is 0.123 e. The smallest absolute Gasteiger partial charge is 0.123 e. The summed E-state index contributed by atoms with van der Waals surface area (Å²) in [5, 5.41) is 0. The Morgan fingerprint density at radius 3 is 2.38 bits per heavy atom. The van der Waals surface area contributed by atoms with E-state index in [1.807, 2.05) is 12.1 Å². The number of benzene rings is 1. The molecule has 0 atom stereocenters. The van der Waals surface area contributed by atoms with Crippen LogP contribution >= 0.6 is 0 Å². The fourth-order valence-corrected chi connectivity index (χ4v) is 3.72. The Morgan fingerprint density at radius 2 is 1.81 bits per heavy atom. The van der Waals surface area contributed by atoms with Gasteiger partial charge in [0.15, 0.2) is 0 Å². The van der Waals surface area contributed by atoms with E-state index in [0.717, 1.165) is 12.3 Å². The minimum Gasteiger partial charge on any atom is -0.496 e. The van der Waals surface area contributed by atoms with Crippen molar-refractivity contribution in [2.45, 2.75) is 26.2 Å². The second kappa shape index (κ2) is 5.50. The monoisotopic (exact) mass is 237 g/mol. The van der Waals surface area contributed by atoms with Gasteiger partial charge in [0.05, 0.1) is 15.2 Å². The molecule has 0 aliphatic heterocycles. The summed E-state index contributed by atoms with van der Waals surface area (Å²) in [6, 6.07) is 8.25. The van der Waals surface area contributed by atoms with E-state index >= 15 is 0 Å².